The van der Waals surface area contributed by atoms with E-state index in [-0.39, 0.29) is 5.41 Å². The fourth-order valence-electron chi connectivity index (χ4n) is 0.938. The third-order valence-corrected chi connectivity index (χ3v) is 3.63. The molecule has 0 amide bonds. The molecule has 0 atom stereocenters. The summed E-state index contributed by atoms with van der Waals surface area (Å²) in [6.07, 6.45) is 0. The molecule has 1 rings (SSSR count). The van der Waals surface area contributed by atoms with Crippen LogP contribution in [-0.2, 0) is 35.6 Å². The molecular weight excluding hydrogens is 209 g/mol. The van der Waals surface area contributed by atoms with Crippen LogP contribution in [0.3, 0.4) is 0 Å². The third-order valence-electron chi connectivity index (χ3n) is 1.86. The zero-order valence-corrected chi connectivity index (χ0v) is 9.80. The fraction of sp³-hybridized carbons (Fsp3) is 0.300. The van der Waals surface area contributed by atoms with E-state index in [1.54, 1.807) is 0 Å². The molecule has 0 nitrogen and oxygen atoms in total. The van der Waals surface area contributed by atoms with Crippen LogP contribution in [-0.4, -0.2) is 0 Å². The monoisotopic (exact) mass is 220 g/mol. The summed E-state index contributed by atoms with van der Waals surface area (Å²) in [4.78, 5) is 0. The van der Waals surface area contributed by atoms with Crippen LogP contribution in [0.15, 0.2) is 30.3 Å². The van der Waals surface area contributed by atoms with E-state index in [9.17, 15) is 0 Å². The molecule has 0 aliphatic carbocycles. The van der Waals surface area contributed by atoms with E-state index in [0.29, 0.717) is 0 Å². The molecule has 0 saturated heterocycles. The van der Waals surface area contributed by atoms with Gasteiger partial charge in [-0.05, 0) is 0 Å². The van der Waals surface area contributed by atoms with Crippen molar-refractivity contribution in [2.24, 2.45) is 0 Å². The van der Waals surface area contributed by atoms with Gasteiger partial charge in [0.05, 0.1) is 0 Å². The summed E-state index contributed by atoms with van der Waals surface area (Å²) in [5.41, 5.74) is 1.50. The molecule has 0 saturated carbocycles. The van der Waals surface area contributed by atoms with E-state index in [0.717, 1.165) is 30.2 Å². The van der Waals surface area contributed by atoms with Gasteiger partial charge in [0.15, 0.2) is 0 Å². The van der Waals surface area contributed by atoms with Gasteiger partial charge in [-0.15, -0.1) is 0 Å². The van der Waals surface area contributed by atoms with Gasteiger partial charge < -0.3 is 0 Å². The quantitative estimate of drug-likeness (QED) is 0.682. The minimum atomic E-state index is 0.142. The Morgan fingerprint density at radius 2 is 1.73 bits per heavy atom. The second kappa shape index (κ2) is 3.67. The van der Waals surface area contributed by atoms with Gasteiger partial charge in [0.1, 0.15) is 0 Å². The van der Waals surface area contributed by atoms with E-state index >= 15 is 0 Å². The van der Waals surface area contributed by atoms with Crippen molar-refractivity contribution in [1.29, 1.82) is 0 Å². The topological polar surface area (TPSA) is 0 Å². The summed E-state index contributed by atoms with van der Waals surface area (Å²) < 4.78 is 3.39. The SMILES string of the molecule is CC(C)([C]#[Y])c1ccccc1. The molecule has 0 aromatic heterocycles. The molecule has 1 aromatic rings. The maximum atomic E-state index is 3.39. The summed E-state index contributed by atoms with van der Waals surface area (Å²) in [6.45, 7) is 4.40. The van der Waals surface area contributed by atoms with Gasteiger partial charge in [-0.1, -0.05) is 0 Å². The van der Waals surface area contributed by atoms with Crippen LogP contribution in [0, 0.1) is 2.59 Å². The van der Waals surface area contributed by atoms with Crippen LogP contribution in [0.5, 0.6) is 0 Å². The first-order valence-corrected chi connectivity index (χ1v) is 5.12. The van der Waals surface area contributed by atoms with E-state index < -0.39 is 0 Å². The fourth-order valence-corrected chi connectivity index (χ4v) is 1.35. The standard InChI is InChI=1S/C10H11.Y/c1-10(2,3)9-7-5-4-6-8-9;/h4-8H,1-2H3;. The molecule has 54 valence electrons. The Balaban J connectivity index is 3.05. The van der Waals surface area contributed by atoms with Crippen LogP contribution in [0.2, 0.25) is 0 Å². The Bertz CT molecular complexity index is 267. The Labute approximate surface area is 87.5 Å². The molecule has 1 aromatic carbocycles. The molecule has 0 aliphatic rings. The van der Waals surface area contributed by atoms with Crippen LogP contribution in [0.4, 0.5) is 0 Å². The van der Waals surface area contributed by atoms with Crippen LogP contribution >= 0.6 is 0 Å². The summed E-state index contributed by atoms with van der Waals surface area (Å²) in [7, 11) is 0. The average molecular weight is 220 g/mol. The van der Waals surface area contributed by atoms with Crippen molar-refractivity contribution in [2.75, 3.05) is 0 Å². The molecule has 0 aliphatic heterocycles. The van der Waals surface area contributed by atoms with Gasteiger partial charge in [0.2, 0.25) is 0 Å². The van der Waals surface area contributed by atoms with Crippen molar-refractivity contribution >= 4 is 0 Å². The number of benzene rings is 1. The van der Waals surface area contributed by atoms with Crippen LogP contribution in [0.25, 0.3) is 0 Å². The van der Waals surface area contributed by atoms with Gasteiger partial charge in [0, 0.05) is 0 Å². The zero-order valence-electron chi connectivity index (χ0n) is 6.96. The molecule has 0 radical (unpaired) electrons. The first-order valence-electron chi connectivity index (χ1n) is 3.70. The van der Waals surface area contributed by atoms with Crippen LogP contribution < -0.4 is 0 Å². The Kier molecular flexibility index (Phi) is 3.07. The summed E-state index contributed by atoms with van der Waals surface area (Å²) in [6, 6.07) is 10.5. The molecule has 0 unspecified atom stereocenters. The van der Waals surface area contributed by atoms with E-state index in [2.05, 4.69) is 40.7 Å². The normalized spacial score (nSPS) is 10.9. The molecule has 0 fully saturated rings. The number of rotatable bonds is 1. The maximum absolute atomic E-state index is 3.39. The second-order valence-electron chi connectivity index (χ2n) is 3.14. The number of hydrogen-bond acceptors (Lipinski definition) is 0. The Morgan fingerprint density at radius 1 is 1.18 bits per heavy atom. The molecular formula is C10H11Y. The van der Waals surface area contributed by atoms with Crippen molar-refractivity contribution in [1.82, 2.24) is 0 Å². The predicted octanol–water partition coefficient (Wildman–Crippen LogP) is 2.47. The van der Waals surface area contributed by atoms with E-state index in [1.165, 1.54) is 5.56 Å². The molecule has 11 heavy (non-hydrogen) atoms. The van der Waals surface area contributed by atoms with E-state index in [1.807, 2.05) is 6.07 Å². The van der Waals surface area contributed by atoms with Crippen molar-refractivity contribution in [2.45, 2.75) is 19.3 Å². The van der Waals surface area contributed by atoms with Crippen LogP contribution in [0.1, 0.15) is 19.4 Å². The molecule has 0 heterocycles. The van der Waals surface area contributed by atoms with E-state index in [4.69, 9.17) is 0 Å². The second-order valence-corrected chi connectivity index (χ2v) is 3.84. The van der Waals surface area contributed by atoms with Crippen molar-refractivity contribution in [3.05, 3.63) is 35.9 Å². The summed E-state index contributed by atoms with van der Waals surface area (Å²) in [5.74, 6) is 0. The first kappa shape index (κ1) is 9.19. The summed E-state index contributed by atoms with van der Waals surface area (Å²) >= 11 is 1.09. The summed E-state index contributed by atoms with van der Waals surface area (Å²) in [5, 5.41) is 0. The van der Waals surface area contributed by atoms with Crippen molar-refractivity contribution < 1.29 is 30.2 Å². The Morgan fingerprint density at radius 3 is 2.18 bits per heavy atom. The van der Waals surface area contributed by atoms with Crippen molar-refractivity contribution in [3.63, 3.8) is 0 Å². The third kappa shape index (κ3) is 2.27. The first-order chi connectivity index (χ1) is 5.17. The molecule has 0 N–H and O–H groups in total. The van der Waals surface area contributed by atoms with Gasteiger partial charge >= 0.3 is 88.0 Å². The minimum absolute atomic E-state index is 0.142. The molecule has 0 spiro atoms. The van der Waals surface area contributed by atoms with Gasteiger partial charge in [-0.3, -0.25) is 0 Å². The van der Waals surface area contributed by atoms with Gasteiger partial charge in [0.25, 0.3) is 0 Å². The zero-order chi connectivity index (χ0) is 8.32. The number of hydrogen-bond donors (Lipinski definition) is 0. The predicted molar refractivity (Wildman–Crippen MR) is 43.4 cm³/mol. The Hall–Kier alpha value is 0.104. The average Bonchev–Trinajstić information content (AvgIpc) is 2.06. The van der Waals surface area contributed by atoms with Crippen molar-refractivity contribution in [3.8, 4) is 2.59 Å². The van der Waals surface area contributed by atoms with Gasteiger partial charge in [-0.2, -0.15) is 0 Å². The molecule has 1 heteroatoms. The molecule has 0 bridgehead atoms. The van der Waals surface area contributed by atoms with Gasteiger partial charge in [-0.25, -0.2) is 0 Å².